The number of hydrogen-bond acceptors (Lipinski definition) is 1. The van der Waals surface area contributed by atoms with Gasteiger partial charge in [-0.1, -0.05) is 42.8 Å². The van der Waals surface area contributed by atoms with Gasteiger partial charge in [-0.05, 0) is 23.8 Å². The van der Waals surface area contributed by atoms with Crippen LogP contribution in [0.5, 0.6) is 0 Å². The maximum atomic E-state index is 10.5. The Hall–Kier alpha value is -1.57. The van der Waals surface area contributed by atoms with Crippen LogP contribution in [-0.4, -0.2) is 11.1 Å². The number of rotatable bonds is 2. The second-order valence-corrected chi connectivity index (χ2v) is 4.42. The standard InChI is InChI=1S/C13H14O2/c1-13(11-5-3-2-4-6-11)8-10(9-13)7-12(14)15/h2-7H,8-9H2,1H3,(H,14,15). The highest BCUT2D eigenvalue weighted by Gasteiger charge is 2.37. The summed E-state index contributed by atoms with van der Waals surface area (Å²) < 4.78 is 0. The lowest BCUT2D eigenvalue weighted by Crippen LogP contribution is -2.33. The van der Waals surface area contributed by atoms with E-state index in [-0.39, 0.29) is 5.41 Å². The van der Waals surface area contributed by atoms with Gasteiger partial charge in [0.1, 0.15) is 0 Å². The van der Waals surface area contributed by atoms with E-state index in [0.717, 1.165) is 18.4 Å². The Morgan fingerprint density at radius 3 is 2.47 bits per heavy atom. The summed E-state index contributed by atoms with van der Waals surface area (Å²) in [4.78, 5) is 10.5. The Kier molecular flexibility index (Phi) is 2.35. The molecule has 2 rings (SSSR count). The lowest BCUT2D eigenvalue weighted by atomic mass is 9.63. The summed E-state index contributed by atoms with van der Waals surface area (Å²) >= 11 is 0. The SMILES string of the molecule is CC1(c2ccccc2)CC(=CC(=O)O)C1. The van der Waals surface area contributed by atoms with E-state index in [1.54, 1.807) is 0 Å². The van der Waals surface area contributed by atoms with E-state index in [1.807, 2.05) is 18.2 Å². The molecule has 0 atom stereocenters. The lowest BCUT2D eigenvalue weighted by molar-refractivity contribution is -0.131. The number of allylic oxidation sites excluding steroid dienone is 1. The molecule has 0 saturated heterocycles. The Balaban J connectivity index is 2.12. The molecular weight excluding hydrogens is 188 g/mol. The van der Waals surface area contributed by atoms with Gasteiger partial charge in [-0.25, -0.2) is 4.79 Å². The fraction of sp³-hybridized carbons (Fsp3) is 0.308. The normalized spacial score (nSPS) is 24.5. The van der Waals surface area contributed by atoms with E-state index < -0.39 is 5.97 Å². The monoisotopic (exact) mass is 202 g/mol. The highest BCUT2D eigenvalue weighted by Crippen LogP contribution is 2.46. The highest BCUT2D eigenvalue weighted by molar-refractivity contribution is 5.81. The fourth-order valence-corrected chi connectivity index (χ4v) is 2.27. The van der Waals surface area contributed by atoms with Gasteiger partial charge in [0.2, 0.25) is 0 Å². The van der Waals surface area contributed by atoms with Crippen molar-refractivity contribution in [3.63, 3.8) is 0 Å². The Labute approximate surface area is 89.2 Å². The number of carboxylic acid groups (broad SMARTS) is 1. The average Bonchev–Trinajstić information content (AvgIpc) is 2.16. The first kappa shape index (κ1) is 9.97. The van der Waals surface area contributed by atoms with Crippen LogP contribution in [0.15, 0.2) is 42.0 Å². The predicted octanol–water partition coefficient (Wildman–Crippen LogP) is 2.75. The number of benzene rings is 1. The molecule has 0 amide bonds. The van der Waals surface area contributed by atoms with Crippen molar-refractivity contribution < 1.29 is 9.90 Å². The fourth-order valence-electron chi connectivity index (χ4n) is 2.27. The minimum Gasteiger partial charge on any atom is -0.478 e. The molecule has 15 heavy (non-hydrogen) atoms. The van der Waals surface area contributed by atoms with Gasteiger partial charge in [0.05, 0.1) is 0 Å². The van der Waals surface area contributed by atoms with Gasteiger partial charge in [-0.15, -0.1) is 0 Å². The van der Waals surface area contributed by atoms with Crippen LogP contribution >= 0.6 is 0 Å². The largest absolute Gasteiger partial charge is 0.478 e. The van der Waals surface area contributed by atoms with Gasteiger partial charge < -0.3 is 5.11 Å². The molecule has 0 aromatic heterocycles. The van der Waals surface area contributed by atoms with Gasteiger partial charge in [-0.2, -0.15) is 0 Å². The molecule has 2 heteroatoms. The predicted molar refractivity (Wildman–Crippen MR) is 58.7 cm³/mol. The molecule has 0 unspecified atom stereocenters. The Morgan fingerprint density at radius 2 is 1.93 bits per heavy atom. The van der Waals surface area contributed by atoms with Crippen LogP contribution in [0.2, 0.25) is 0 Å². The molecule has 0 spiro atoms. The minimum absolute atomic E-state index is 0.141. The number of carboxylic acids is 1. The van der Waals surface area contributed by atoms with E-state index in [2.05, 4.69) is 19.1 Å². The summed E-state index contributed by atoms with van der Waals surface area (Å²) in [5.74, 6) is -0.833. The third-order valence-electron chi connectivity index (χ3n) is 3.03. The van der Waals surface area contributed by atoms with Crippen molar-refractivity contribution in [2.45, 2.75) is 25.2 Å². The van der Waals surface area contributed by atoms with Crippen LogP contribution in [0.1, 0.15) is 25.3 Å². The van der Waals surface area contributed by atoms with Crippen LogP contribution in [0.3, 0.4) is 0 Å². The molecule has 1 saturated carbocycles. The van der Waals surface area contributed by atoms with Crippen LogP contribution < -0.4 is 0 Å². The van der Waals surface area contributed by atoms with E-state index in [0.29, 0.717) is 0 Å². The zero-order chi connectivity index (χ0) is 10.9. The molecular formula is C13H14O2. The highest BCUT2D eigenvalue weighted by atomic mass is 16.4. The first-order valence-corrected chi connectivity index (χ1v) is 5.08. The van der Waals surface area contributed by atoms with E-state index in [9.17, 15) is 4.79 Å². The molecule has 1 aromatic rings. The van der Waals surface area contributed by atoms with Crippen molar-refractivity contribution in [1.29, 1.82) is 0 Å². The van der Waals surface area contributed by atoms with Crippen LogP contribution in [-0.2, 0) is 10.2 Å². The second-order valence-electron chi connectivity index (χ2n) is 4.42. The van der Waals surface area contributed by atoms with Gasteiger partial charge in [0, 0.05) is 6.08 Å². The van der Waals surface area contributed by atoms with Crippen molar-refractivity contribution in [3.8, 4) is 0 Å². The zero-order valence-corrected chi connectivity index (χ0v) is 8.73. The van der Waals surface area contributed by atoms with Crippen LogP contribution in [0.25, 0.3) is 0 Å². The molecule has 78 valence electrons. The molecule has 0 heterocycles. The van der Waals surface area contributed by atoms with Crippen LogP contribution in [0, 0.1) is 0 Å². The van der Waals surface area contributed by atoms with Gasteiger partial charge >= 0.3 is 5.97 Å². The first-order valence-electron chi connectivity index (χ1n) is 5.08. The number of aliphatic carboxylic acids is 1. The van der Waals surface area contributed by atoms with Crippen LogP contribution in [0.4, 0.5) is 0 Å². The van der Waals surface area contributed by atoms with E-state index >= 15 is 0 Å². The summed E-state index contributed by atoms with van der Waals surface area (Å²) in [5.41, 5.74) is 2.48. The summed E-state index contributed by atoms with van der Waals surface area (Å²) in [7, 11) is 0. The summed E-state index contributed by atoms with van der Waals surface area (Å²) in [6, 6.07) is 10.3. The smallest absolute Gasteiger partial charge is 0.328 e. The maximum absolute atomic E-state index is 10.5. The van der Waals surface area contributed by atoms with Gasteiger partial charge in [0.15, 0.2) is 0 Å². The Morgan fingerprint density at radius 1 is 1.33 bits per heavy atom. The van der Waals surface area contributed by atoms with Crippen molar-refractivity contribution in [2.75, 3.05) is 0 Å². The number of carbonyl (C=O) groups is 1. The summed E-state index contributed by atoms with van der Waals surface area (Å²) in [6.45, 7) is 2.18. The topological polar surface area (TPSA) is 37.3 Å². The van der Waals surface area contributed by atoms with E-state index in [1.165, 1.54) is 11.6 Å². The maximum Gasteiger partial charge on any atom is 0.328 e. The van der Waals surface area contributed by atoms with Gasteiger partial charge in [0.25, 0.3) is 0 Å². The lowest BCUT2D eigenvalue weighted by Gasteiger charge is -2.41. The summed E-state index contributed by atoms with van der Waals surface area (Å²) in [6.07, 6.45) is 3.07. The molecule has 1 aliphatic carbocycles. The summed E-state index contributed by atoms with van der Waals surface area (Å²) in [5, 5.41) is 8.61. The molecule has 0 radical (unpaired) electrons. The van der Waals surface area contributed by atoms with Crippen molar-refractivity contribution in [2.24, 2.45) is 0 Å². The molecule has 1 aromatic carbocycles. The molecule has 1 aliphatic rings. The molecule has 2 nitrogen and oxygen atoms in total. The molecule has 1 N–H and O–H groups in total. The molecule has 1 fully saturated rings. The van der Waals surface area contributed by atoms with Gasteiger partial charge in [-0.3, -0.25) is 0 Å². The molecule has 0 bridgehead atoms. The molecule has 0 aliphatic heterocycles. The van der Waals surface area contributed by atoms with Crippen molar-refractivity contribution in [3.05, 3.63) is 47.5 Å². The van der Waals surface area contributed by atoms with Crippen molar-refractivity contribution >= 4 is 5.97 Å². The third-order valence-corrected chi connectivity index (χ3v) is 3.03. The Bertz CT molecular complexity index is 396. The van der Waals surface area contributed by atoms with Crippen molar-refractivity contribution in [1.82, 2.24) is 0 Å². The number of hydrogen-bond donors (Lipinski definition) is 1. The average molecular weight is 202 g/mol. The second kappa shape index (κ2) is 3.54. The quantitative estimate of drug-likeness (QED) is 0.749. The minimum atomic E-state index is -0.833. The van der Waals surface area contributed by atoms with E-state index in [4.69, 9.17) is 5.11 Å². The third kappa shape index (κ3) is 1.94. The zero-order valence-electron chi connectivity index (χ0n) is 8.73. The first-order chi connectivity index (χ1) is 7.10.